The number of carbonyl (C=O) groups is 2. The van der Waals surface area contributed by atoms with Gasteiger partial charge in [-0.25, -0.2) is 9.59 Å². The molecule has 162 valence electrons. The van der Waals surface area contributed by atoms with Gasteiger partial charge in [-0.05, 0) is 54.0 Å². The summed E-state index contributed by atoms with van der Waals surface area (Å²) in [4.78, 5) is 24.9. The van der Waals surface area contributed by atoms with Gasteiger partial charge in [0.15, 0.2) is 5.82 Å². The Balaban J connectivity index is 2.16. The number of benzene rings is 1. The fourth-order valence-corrected chi connectivity index (χ4v) is 2.44. The lowest BCUT2D eigenvalue weighted by Gasteiger charge is -2.26. The maximum Gasteiger partial charge on any atom is 0.408 e. The minimum absolute atomic E-state index is 0.236. The minimum atomic E-state index is -0.899. The van der Waals surface area contributed by atoms with Crippen LogP contribution in [0.4, 0.5) is 4.79 Å². The first kappa shape index (κ1) is 23.2. The van der Waals surface area contributed by atoms with E-state index in [1.54, 1.807) is 48.5 Å². The number of nitrogens with zero attached hydrogens (tertiary/aromatic N) is 4. The van der Waals surface area contributed by atoms with Crippen molar-refractivity contribution >= 4 is 12.1 Å². The molecular formula is C21H29N5O4. The van der Waals surface area contributed by atoms with Crippen LogP contribution in [0.3, 0.4) is 0 Å². The molecule has 1 atom stereocenters. The Morgan fingerprint density at radius 3 is 1.93 bits per heavy atom. The number of aryl methyl sites for hydroxylation is 1. The van der Waals surface area contributed by atoms with Gasteiger partial charge in [-0.2, -0.15) is 0 Å². The normalized spacial score (nSPS) is 12.8. The van der Waals surface area contributed by atoms with E-state index in [0.29, 0.717) is 11.6 Å². The average molecular weight is 415 g/mol. The molecule has 9 heteroatoms. The second kappa shape index (κ2) is 9.15. The van der Waals surface area contributed by atoms with Crippen molar-refractivity contribution in [3.63, 3.8) is 0 Å². The van der Waals surface area contributed by atoms with E-state index in [2.05, 4.69) is 25.7 Å². The maximum absolute atomic E-state index is 12.7. The third-order valence-corrected chi connectivity index (χ3v) is 3.61. The first-order valence-corrected chi connectivity index (χ1v) is 9.68. The van der Waals surface area contributed by atoms with E-state index in [0.717, 1.165) is 11.1 Å². The second-order valence-corrected chi connectivity index (χ2v) is 8.90. The molecule has 0 fully saturated rings. The molecule has 2 aromatic rings. The topological polar surface area (TPSA) is 116 Å². The zero-order valence-corrected chi connectivity index (χ0v) is 18.5. The van der Waals surface area contributed by atoms with Gasteiger partial charge >= 0.3 is 12.1 Å². The summed E-state index contributed by atoms with van der Waals surface area (Å²) in [6.45, 7) is 12.3. The fraction of sp³-hybridized carbons (Fsp3) is 0.524. The number of ether oxygens (including phenoxy) is 2. The zero-order valence-electron chi connectivity index (χ0n) is 18.5. The molecule has 30 heavy (non-hydrogen) atoms. The highest BCUT2D eigenvalue weighted by atomic mass is 16.6. The van der Waals surface area contributed by atoms with Crippen LogP contribution in [-0.2, 0) is 20.7 Å². The molecule has 0 unspecified atom stereocenters. The van der Waals surface area contributed by atoms with Crippen LogP contribution in [0.5, 0.6) is 0 Å². The van der Waals surface area contributed by atoms with Gasteiger partial charge < -0.3 is 14.8 Å². The van der Waals surface area contributed by atoms with Gasteiger partial charge in [0.1, 0.15) is 17.2 Å². The third-order valence-electron chi connectivity index (χ3n) is 3.61. The maximum atomic E-state index is 12.7. The second-order valence-electron chi connectivity index (χ2n) is 8.90. The van der Waals surface area contributed by atoms with Crippen molar-refractivity contribution in [1.82, 2.24) is 25.7 Å². The number of amides is 1. The Labute approximate surface area is 176 Å². The monoisotopic (exact) mass is 415 g/mol. The summed E-state index contributed by atoms with van der Waals surface area (Å²) in [5.41, 5.74) is 0.198. The van der Waals surface area contributed by atoms with Crippen LogP contribution < -0.4 is 5.32 Å². The number of carbonyl (C=O) groups excluding carboxylic acids is 2. The van der Waals surface area contributed by atoms with Crippen LogP contribution in [0.1, 0.15) is 52.9 Å². The lowest BCUT2D eigenvalue weighted by Crippen LogP contribution is -2.47. The standard InChI is InChI=1S/C21H29N5O4/c1-13-23-25-17(26-24-13)15-10-8-14(9-11-15)12-16(18(27)29-20(2,3)4)22-19(28)30-21(5,6)7/h8-11,16H,12H2,1-7H3,(H,22,28)/t16-/m0/s1. The van der Waals surface area contributed by atoms with Crippen molar-refractivity contribution in [2.45, 2.75) is 72.1 Å². The summed E-state index contributed by atoms with van der Waals surface area (Å²) in [5, 5.41) is 18.4. The van der Waals surface area contributed by atoms with E-state index in [4.69, 9.17) is 9.47 Å². The molecule has 1 N–H and O–H groups in total. The first-order valence-electron chi connectivity index (χ1n) is 9.68. The molecule has 1 aromatic carbocycles. The third kappa shape index (κ3) is 7.73. The Morgan fingerprint density at radius 2 is 1.43 bits per heavy atom. The van der Waals surface area contributed by atoms with Crippen molar-refractivity contribution in [3.8, 4) is 11.4 Å². The molecule has 0 aliphatic rings. The summed E-state index contributed by atoms with van der Waals surface area (Å²) in [7, 11) is 0. The van der Waals surface area contributed by atoms with Gasteiger partial charge in [0.25, 0.3) is 0 Å². The fourth-order valence-electron chi connectivity index (χ4n) is 2.44. The average Bonchev–Trinajstić information content (AvgIpc) is 2.59. The molecule has 1 aromatic heterocycles. The molecule has 9 nitrogen and oxygen atoms in total. The van der Waals surface area contributed by atoms with Gasteiger partial charge in [-0.1, -0.05) is 24.3 Å². The number of hydrogen-bond acceptors (Lipinski definition) is 8. The molecule has 0 saturated heterocycles. The van der Waals surface area contributed by atoms with E-state index in [9.17, 15) is 9.59 Å². The van der Waals surface area contributed by atoms with Crippen molar-refractivity contribution in [3.05, 3.63) is 35.7 Å². The molecule has 0 aliphatic heterocycles. The van der Waals surface area contributed by atoms with Crippen LogP contribution in [0.25, 0.3) is 11.4 Å². The van der Waals surface area contributed by atoms with Crippen LogP contribution in [0, 0.1) is 6.92 Å². The number of hydrogen-bond donors (Lipinski definition) is 1. The quantitative estimate of drug-likeness (QED) is 0.741. The predicted molar refractivity (Wildman–Crippen MR) is 111 cm³/mol. The predicted octanol–water partition coefficient (Wildman–Crippen LogP) is 3.02. The Hall–Kier alpha value is -3.10. The Bertz CT molecular complexity index is 868. The summed E-state index contributed by atoms with van der Waals surface area (Å²) >= 11 is 0. The highest BCUT2D eigenvalue weighted by Crippen LogP contribution is 2.17. The molecule has 1 heterocycles. The van der Waals surface area contributed by atoms with Gasteiger partial charge in [0.05, 0.1) is 0 Å². The van der Waals surface area contributed by atoms with Crippen molar-refractivity contribution in [2.75, 3.05) is 0 Å². The molecule has 0 aliphatic carbocycles. The SMILES string of the molecule is Cc1nnc(-c2ccc(C[C@H](NC(=O)OC(C)(C)C)C(=O)OC(C)(C)C)cc2)nn1. The van der Waals surface area contributed by atoms with E-state index >= 15 is 0 Å². The Kier molecular flexibility index (Phi) is 7.07. The molecule has 0 radical (unpaired) electrons. The molecule has 1 amide bonds. The Morgan fingerprint density at radius 1 is 0.900 bits per heavy atom. The smallest absolute Gasteiger partial charge is 0.408 e. The number of rotatable bonds is 5. The van der Waals surface area contributed by atoms with Crippen LogP contribution >= 0.6 is 0 Å². The largest absolute Gasteiger partial charge is 0.458 e. The number of esters is 1. The summed E-state index contributed by atoms with van der Waals surface area (Å²) in [5.74, 6) is 0.360. The van der Waals surface area contributed by atoms with Crippen LogP contribution in [0.2, 0.25) is 0 Å². The van der Waals surface area contributed by atoms with E-state index in [-0.39, 0.29) is 6.42 Å². The lowest BCUT2D eigenvalue weighted by molar-refractivity contribution is -0.157. The van der Waals surface area contributed by atoms with Gasteiger partial charge in [-0.3, -0.25) is 0 Å². The summed E-state index contributed by atoms with van der Waals surface area (Å²) in [6, 6.07) is 6.37. The number of aromatic nitrogens is 4. The van der Waals surface area contributed by atoms with Gasteiger partial charge in [0, 0.05) is 12.0 Å². The zero-order chi connectivity index (χ0) is 22.5. The summed E-state index contributed by atoms with van der Waals surface area (Å²) < 4.78 is 10.7. The van der Waals surface area contributed by atoms with Crippen molar-refractivity contribution < 1.29 is 19.1 Å². The molecule has 2 rings (SSSR count). The minimum Gasteiger partial charge on any atom is -0.458 e. The van der Waals surface area contributed by atoms with Crippen LogP contribution in [-0.4, -0.2) is 49.7 Å². The van der Waals surface area contributed by atoms with E-state index in [1.165, 1.54) is 0 Å². The van der Waals surface area contributed by atoms with Gasteiger partial charge in [0.2, 0.25) is 5.82 Å². The number of alkyl carbamates (subject to hydrolysis) is 1. The number of nitrogens with one attached hydrogen (secondary N) is 1. The highest BCUT2D eigenvalue weighted by molar-refractivity contribution is 5.82. The van der Waals surface area contributed by atoms with E-state index < -0.39 is 29.3 Å². The van der Waals surface area contributed by atoms with Crippen molar-refractivity contribution in [1.29, 1.82) is 0 Å². The molecule has 0 saturated carbocycles. The molecule has 0 spiro atoms. The molecular weight excluding hydrogens is 386 g/mol. The lowest BCUT2D eigenvalue weighted by atomic mass is 10.0. The van der Waals surface area contributed by atoms with E-state index in [1.807, 2.05) is 24.3 Å². The van der Waals surface area contributed by atoms with Crippen LogP contribution in [0.15, 0.2) is 24.3 Å². The highest BCUT2D eigenvalue weighted by Gasteiger charge is 2.29. The van der Waals surface area contributed by atoms with Crippen molar-refractivity contribution in [2.24, 2.45) is 0 Å². The molecule has 0 bridgehead atoms. The first-order chi connectivity index (χ1) is 13.8. The summed E-state index contributed by atoms with van der Waals surface area (Å²) in [6.07, 6.45) is -0.445. The van der Waals surface area contributed by atoms with Gasteiger partial charge in [-0.15, -0.1) is 20.4 Å².